The lowest BCUT2D eigenvalue weighted by molar-refractivity contribution is -0.123. The van der Waals surface area contributed by atoms with Gasteiger partial charge in [0.05, 0.1) is 22.2 Å². The lowest BCUT2D eigenvalue weighted by Gasteiger charge is -2.25. The van der Waals surface area contributed by atoms with Crippen molar-refractivity contribution in [2.45, 2.75) is 10.6 Å². The van der Waals surface area contributed by atoms with Crippen molar-refractivity contribution in [3.63, 3.8) is 0 Å². The van der Waals surface area contributed by atoms with Crippen LogP contribution >= 0.6 is 0 Å². The molecule has 1 aliphatic heterocycles. The largest absolute Gasteiger partial charge is 0.350 e. The predicted octanol–water partition coefficient (Wildman–Crippen LogP) is 1.41. The lowest BCUT2D eigenvalue weighted by atomic mass is 10.1. The average molecular weight is 594 g/mol. The Morgan fingerprint density at radius 1 is 1.02 bits per heavy atom. The van der Waals surface area contributed by atoms with Gasteiger partial charge in [-0.1, -0.05) is 24.3 Å². The van der Waals surface area contributed by atoms with Crippen molar-refractivity contribution < 1.29 is 26.4 Å². The molecule has 0 radical (unpaired) electrons. The highest BCUT2D eigenvalue weighted by Crippen LogP contribution is 2.49. The molecule has 15 heteroatoms. The highest BCUT2D eigenvalue weighted by atomic mass is 32.3. The molecular weight excluding hydrogens is 570 g/mol. The van der Waals surface area contributed by atoms with Crippen molar-refractivity contribution in [1.82, 2.24) is 30.5 Å². The van der Waals surface area contributed by atoms with Crippen molar-refractivity contribution in [3.05, 3.63) is 72.1 Å². The molecule has 0 saturated heterocycles. The number of hydrogen-bond acceptors (Lipinski definition) is 9. The maximum absolute atomic E-state index is 13.8. The molecule has 0 fully saturated rings. The lowest BCUT2D eigenvalue weighted by Crippen LogP contribution is -2.52. The van der Waals surface area contributed by atoms with E-state index in [1.807, 2.05) is 24.3 Å². The molecule has 4 heterocycles. The summed E-state index contributed by atoms with van der Waals surface area (Å²) in [5.41, 5.74) is 2.26. The SMILES string of the molecule is CS(=O)(=O)C1(S(C)(=O)=O)C(=O)N(CC(=O)NCc2cccnc2)c2cc3[nH]c(-c4n[nH]c5ccccc45)nc3cc21. The highest BCUT2D eigenvalue weighted by molar-refractivity contribution is 8.10. The first-order chi connectivity index (χ1) is 19.4. The number of hydrogen-bond donors (Lipinski definition) is 3. The molecule has 13 nitrogen and oxygen atoms in total. The van der Waals surface area contributed by atoms with E-state index >= 15 is 0 Å². The van der Waals surface area contributed by atoms with Gasteiger partial charge >= 0.3 is 0 Å². The van der Waals surface area contributed by atoms with Crippen LogP contribution in [0.5, 0.6) is 0 Å². The van der Waals surface area contributed by atoms with E-state index in [0.717, 1.165) is 15.8 Å². The Labute approximate surface area is 233 Å². The molecular formula is C26H23N7O6S2. The molecule has 5 aromatic rings. The molecule has 0 atom stereocenters. The number of benzene rings is 2. The van der Waals surface area contributed by atoms with E-state index in [0.29, 0.717) is 35.1 Å². The summed E-state index contributed by atoms with van der Waals surface area (Å²) in [7, 11) is -9.23. The summed E-state index contributed by atoms with van der Waals surface area (Å²) in [5, 5.41) is 10.7. The third kappa shape index (κ3) is 4.07. The van der Waals surface area contributed by atoms with Crippen molar-refractivity contribution in [3.8, 4) is 11.5 Å². The Hall–Kier alpha value is -4.63. The quantitative estimate of drug-likeness (QED) is 0.251. The Kier molecular flexibility index (Phi) is 5.97. The molecule has 2 amide bonds. The van der Waals surface area contributed by atoms with Crippen molar-refractivity contribution in [1.29, 1.82) is 0 Å². The molecule has 6 rings (SSSR count). The smallest absolute Gasteiger partial charge is 0.277 e. The van der Waals surface area contributed by atoms with E-state index < -0.39 is 42.1 Å². The number of sulfone groups is 2. The number of para-hydroxylation sites is 1. The third-order valence-corrected chi connectivity index (χ3v) is 11.7. The molecule has 210 valence electrons. The molecule has 0 bridgehead atoms. The van der Waals surface area contributed by atoms with Crippen LogP contribution in [-0.4, -0.2) is 72.9 Å². The number of nitrogens with zero attached hydrogens (tertiary/aromatic N) is 4. The van der Waals surface area contributed by atoms with Gasteiger partial charge in [-0.2, -0.15) is 5.10 Å². The fourth-order valence-electron chi connectivity index (χ4n) is 5.24. The van der Waals surface area contributed by atoms with Crippen LogP contribution in [0.2, 0.25) is 0 Å². The van der Waals surface area contributed by atoms with E-state index in [1.54, 1.807) is 24.5 Å². The van der Waals surface area contributed by atoms with Gasteiger partial charge in [0.2, 0.25) is 5.91 Å². The summed E-state index contributed by atoms with van der Waals surface area (Å²) < 4.78 is 49.9. The Morgan fingerprint density at radius 3 is 2.49 bits per heavy atom. The van der Waals surface area contributed by atoms with E-state index in [1.165, 1.54) is 12.1 Å². The van der Waals surface area contributed by atoms with Crippen LogP contribution in [0.15, 0.2) is 60.9 Å². The summed E-state index contributed by atoms with van der Waals surface area (Å²) >= 11 is 0. The summed E-state index contributed by atoms with van der Waals surface area (Å²) in [5.74, 6) is -1.53. The van der Waals surface area contributed by atoms with Crippen molar-refractivity contribution in [2.75, 3.05) is 24.0 Å². The number of carbonyl (C=O) groups is 2. The van der Waals surface area contributed by atoms with E-state index in [-0.39, 0.29) is 23.3 Å². The van der Waals surface area contributed by atoms with E-state index in [2.05, 4.69) is 30.5 Å². The number of amides is 2. The number of fused-ring (bicyclic) bond motifs is 3. The Morgan fingerprint density at radius 2 is 1.78 bits per heavy atom. The van der Waals surface area contributed by atoms with Gasteiger partial charge in [0.25, 0.3) is 9.99 Å². The zero-order chi connectivity index (χ0) is 29.2. The fourth-order valence-corrected chi connectivity index (χ4v) is 9.42. The number of pyridine rings is 1. The second-order valence-electron chi connectivity index (χ2n) is 9.78. The molecule has 0 aliphatic carbocycles. The van der Waals surface area contributed by atoms with Crippen molar-refractivity contribution >= 4 is 59.1 Å². The molecule has 2 aromatic carbocycles. The van der Waals surface area contributed by atoms with Crippen LogP contribution in [-0.2, 0) is 39.9 Å². The molecule has 0 spiro atoms. The molecule has 0 unspecified atom stereocenters. The van der Waals surface area contributed by atoms with Crippen LogP contribution < -0.4 is 10.2 Å². The number of imidazole rings is 1. The maximum atomic E-state index is 13.8. The average Bonchev–Trinajstić information content (AvgIpc) is 3.59. The normalized spacial score (nSPS) is 15.0. The number of aromatic amines is 2. The number of carbonyl (C=O) groups excluding carboxylic acids is 2. The second-order valence-corrected chi connectivity index (χ2v) is 14.4. The first-order valence-corrected chi connectivity index (χ1v) is 16.0. The summed E-state index contributed by atoms with van der Waals surface area (Å²) in [6, 6.07) is 13.5. The molecule has 3 aromatic heterocycles. The fraction of sp³-hybridized carbons (Fsp3) is 0.192. The van der Waals surface area contributed by atoms with Crippen LogP contribution in [0.3, 0.4) is 0 Å². The van der Waals surface area contributed by atoms with Crippen LogP contribution in [0.1, 0.15) is 11.1 Å². The van der Waals surface area contributed by atoms with Crippen LogP contribution in [0, 0.1) is 0 Å². The van der Waals surface area contributed by atoms with Crippen LogP contribution in [0.4, 0.5) is 5.69 Å². The number of aromatic nitrogens is 5. The number of anilines is 1. The Bertz CT molecular complexity index is 2050. The van der Waals surface area contributed by atoms with Gasteiger partial charge in [0.1, 0.15) is 12.2 Å². The van der Waals surface area contributed by atoms with Gasteiger partial charge < -0.3 is 10.3 Å². The maximum Gasteiger partial charge on any atom is 0.277 e. The summed E-state index contributed by atoms with van der Waals surface area (Å²) in [4.78, 5) is 39.3. The van der Waals surface area contributed by atoms with Gasteiger partial charge in [-0.3, -0.25) is 24.6 Å². The zero-order valence-electron chi connectivity index (χ0n) is 21.7. The van der Waals surface area contributed by atoms with E-state index in [4.69, 9.17) is 0 Å². The third-order valence-electron chi connectivity index (χ3n) is 7.02. The Balaban J connectivity index is 1.48. The number of rotatable bonds is 7. The molecule has 1 aliphatic rings. The minimum Gasteiger partial charge on any atom is -0.350 e. The standard InChI is InChI=1S/C26H23N7O6S2/c1-40(36,37)26(41(2,38)39)17-10-19-20(30-24(29-19)23-16-7-3-4-8-18(16)31-32-23)11-21(17)33(25(26)35)14-22(34)28-13-15-6-5-9-27-12-15/h3-12H,13-14H2,1-2H3,(H,28,34)(H,29,30)(H,31,32). The minimum atomic E-state index is -4.62. The van der Waals surface area contributed by atoms with Crippen LogP contribution in [0.25, 0.3) is 33.5 Å². The zero-order valence-corrected chi connectivity index (χ0v) is 23.4. The topological polar surface area (TPSA) is 188 Å². The summed E-state index contributed by atoms with van der Waals surface area (Å²) in [6.45, 7) is -0.513. The number of nitrogens with one attached hydrogen (secondary N) is 3. The number of H-pyrrole nitrogens is 2. The van der Waals surface area contributed by atoms with Gasteiger partial charge in [-0.15, -0.1) is 0 Å². The van der Waals surface area contributed by atoms with Gasteiger partial charge in [-0.05, 0) is 29.8 Å². The second kappa shape index (κ2) is 9.21. The predicted molar refractivity (Wildman–Crippen MR) is 151 cm³/mol. The first-order valence-electron chi connectivity index (χ1n) is 12.3. The van der Waals surface area contributed by atoms with Gasteiger partial charge in [0, 0.05) is 42.4 Å². The first kappa shape index (κ1) is 26.6. The highest BCUT2D eigenvalue weighted by Gasteiger charge is 2.65. The molecule has 41 heavy (non-hydrogen) atoms. The van der Waals surface area contributed by atoms with E-state index in [9.17, 15) is 26.4 Å². The van der Waals surface area contributed by atoms with Gasteiger partial charge in [0.15, 0.2) is 25.5 Å². The minimum absolute atomic E-state index is 0.0306. The molecule has 3 N–H and O–H groups in total. The van der Waals surface area contributed by atoms with Crippen molar-refractivity contribution in [2.24, 2.45) is 0 Å². The monoisotopic (exact) mass is 593 g/mol. The van der Waals surface area contributed by atoms with Gasteiger partial charge in [-0.25, -0.2) is 21.8 Å². The summed E-state index contributed by atoms with van der Waals surface area (Å²) in [6.07, 6.45) is 4.52. The molecule has 0 saturated carbocycles.